The van der Waals surface area contributed by atoms with Crippen molar-refractivity contribution in [1.29, 1.82) is 0 Å². The smallest absolute Gasteiger partial charge is 0.141 e. The molecule has 2 aromatic rings. The van der Waals surface area contributed by atoms with Gasteiger partial charge in [0.2, 0.25) is 0 Å². The molecule has 4 nitrogen and oxygen atoms in total. The average Bonchev–Trinajstić information content (AvgIpc) is 2.71. The number of halogens is 2. The van der Waals surface area contributed by atoms with Gasteiger partial charge in [0, 0.05) is 0 Å². The summed E-state index contributed by atoms with van der Waals surface area (Å²) in [6, 6.07) is 4.55. The Bertz CT molecular complexity index is 497. The molecule has 0 saturated carbocycles. The van der Waals surface area contributed by atoms with Crippen LogP contribution in [0.2, 0.25) is 5.02 Å². The maximum atomic E-state index is 12.9. The van der Waals surface area contributed by atoms with Crippen molar-refractivity contribution in [2.24, 2.45) is 5.73 Å². The summed E-state index contributed by atoms with van der Waals surface area (Å²) in [5.41, 5.74) is 6.35. The molecule has 1 aromatic heterocycles. The molecule has 2 N–H and O–H groups in total. The fourth-order valence-electron chi connectivity index (χ4n) is 1.39. The molecule has 0 bridgehead atoms. The number of hydrogen-bond donors (Lipinski definition) is 1. The van der Waals surface area contributed by atoms with Crippen molar-refractivity contribution in [3.8, 4) is 0 Å². The van der Waals surface area contributed by atoms with Crippen molar-refractivity contribution >= 4 is 11.6 Å². The predicted molar refractivity (Wildman–Crippen MR) is 58.4 cm³/mol. The first-order chi connectivity index (χ1) is 7.70. The molecule has 0 aliphatic carbocycles. The first-order valence-corrected chi connectivity index (χ1v) is 5.09. The van der Waals surface area contributed by atoms with Gasteiger partial charge in [-0.15, -0.1) is 0 Å². The van der Waals surface area contributed by atoms with Gasteiger partial charge in [-0.25, -0.2) is 14.1 Å². The Kier molecular flexibility index (Phi) is 3.17. The molecule has 0 fully saturated rings. The Morgan fingerprint density at radius 2 is 2.25 bits per heavy atom. The van der Waals surface area contributed by atoms with E-state index in [1.807, 2.05) is 0 Å². The standard InChI is InChI=1S/C10H10ClFN4/c11-8-3-7(1-2-9(8)12)5-16-10(4-13)14-6-15-16/h1-3,6H,4-5,13H2. The minimum atomic E-state index is -0.428. The van der Waals surface area contributed by atoms with E-state index in [-0.39, 0.29) is 5.02 Å². The fraction of sp³-hybridized carbons (Fsp3) is 0.200. The van der Waals surface area contributed by atoms with E-state index in [1.165, 1.54) is 12.4 Å². The molecular formula is C10H10ClFN4. The zero-order valence-electron chi connectivity index (χ0n) is 8.40. The van der Waals surface area contributed by atoms with Crippen LogP contribution in [-0.2, 0) is 13.1 Å². The van der Waals surface area contributed by atoms with Crippen LogP contribution in [0.5, 0.6) is 0 Å². The summed E-state index contributed by atoms with van der Waals surface area (Å²) in [4.78, 5) is 3.99. The number of rotatable bonds is 3. The Morgan fingerprint density at radius 3 is 2.94 bits per heavy atom. The number of nitrogens with zero attached hydrogens (tertiary/aromatic N) is 3. The largest absolute Gasteiger partial charge is 0.324 e. The third-order valence-corrected chi connectivity index (χ3v) is 2.48. The van der Waals surface area contributed by atoms with Gasteiger partial charge in [0.15, 0.2) is 0 Å². The summed E-state index contributed by atoms with van der Waals surface area (Å²) in [7, 11) is 0. The van der Waals surface area contributed by atoms with Crippen LogP contribution < -0.4 is 5.73 Å². The van der Waals surface area contributed by atoms with E-state index in [2.05, 4.69) is 10.1 Å². The van der Waals surface area contributed by atoms with E-state index >= 15 is 0 Å². The van der Waals surface area contributed by atoms with Gasteiger partial charge in [-0.3, -0.25) is 0 Å². The molecule has 2 rings (SSSR count). The molecule has 1 heterocycles. The molecule has 84 valence electrons. The van der Waals surface area contributed by atoms with E-state index in [0.29, 0.717) is 18.9 Å². The van der Waals surface area contributed by atoms with Crippen molar-refractivity contribution in [3.05, 3.63) is 46.8 Å². The summed E-state index contributed by atoms with van der Waals surface area (Å²) in [6.07, 6.45) is 1.44. The molecular weight excluding hydrogens is 231 g/mol. The molecule has 0 aliphatic heterocycles. The lowest BCUT2D eigenvalue weighted by atomic mass is 10.2. The Hall–Kier alpha value is -1.46. The van der Waals surface area contributed by atoms with Crippen LogP contribution in [0.3, 0.4) is 0 Å². The molecule has 16 heavy (non-hydrogen) atoms. The third kappa shape index (κ3) is 2.20. The average molecular weight is 241 g/mol. The molecule has 6 heteroatoms. The predicted octanol–water partition coefficient (Wildman–Crippen LogP) is 1.58. The van der Waals surface area contributed by atoms with Gasteiger partial charge >= 0.3 is 0 Å². The zero-order valence-corrected chi connectivity index (χ0v) is 9.15. The van der Waals surface area contributed by atoms with E-state index in [0.717, 1.165) is 5.56 Å². The highest BCUT2D eigenvalue weighted by molar-refractivity contribution is 6.30. The topological polar surface area (TPSA) is 56.7 Å². The van der Waals surface area contributed by atoms with Crippen molar-refractivity contribution in [2.45, 2.75) is 13.1 Å². The van der Waals surface area contributed by atoms with Gasteiger partial charge in [0.05, 0.1) is 18.1 Å². The van der Waals surface area contributed by atoms with Gasteiger partial charge in [-0.2, -0.15) is 5.10 Å². The van der Waals surface area contributed by atoms with Crippen LogP contribution in [0, 0.1) is 5.82 Å². The molecule has 0 unspecified atom stereocenters. The second kappa shape index (κ2) is 4.59. The molecule has 0 saturated heterocycles. The van der Waals surface area contributed by atoms with Crippen LogP contribution in [-0.4, -0.2) is 14.8 Å². The summed E-state index contributed by atoms with van der Waals surface area (Å²) in [5.74, 6) is 0.253. The fourth-order valence-corrected chi connectivity index (χ4v) is 1.59. The highest BCUT2D eigenvalue weighted by Crippen LogP contribution is 2.16. The van der Waals surface area contributed by atoms with Gasteiger partial charge < -0.3 is 5.73 Å². The number of hydrogen-bond acceptors (Lipinski definition) is 3. The summed E-state index contributed by atoms with van der Waals surface area (Å²) in [5, 5.41) is 4.13. The Balaban J connectivity index is 2.24. The monoisotopic (exact) mass is 240 g/mol. The Morgan fingerprint density at radius 1 is 1.44 bits per heavy atom. The van der Waals surface area contributed by atoms with E-state index in [4.69, 9.17) is 17.3 Å². The third-order valence-electron chi connectivity index (χ3n) is 2.19. The second-order valence-electron chi connectivity index (χ2n) is 3.29. The summed E-state index contributed by atoms with van der Waals surface area (Å²) < 4.78 is 14.6. The lowest BCUT2D eigenvalue weighted by molar-refractivity contribution is 0.619. The first-order valence-electron chi connectivity index (χ1n) is 4.71. The highest BCUT2D eigenvalue weighted by Gasteiger charge is 2.05. The van der Waals surface area contributed by atoms with Crippen molar-refractivity contribution in [3.63, 3.8) is 0 Å². The molecule has 1 aromatic carbocycles. The number of aromatic nitrogens is 3. The van der Waals surface area contributed by atoms with Crippen LogP contribution in [0.4, 0.5) is 4.39 Å². The normalized spacial score (nSPS) is 10.7. The van der Waals surface area contributed by atoms with Gasteiger partial charge in [-0.1, -0.05) is 17.7 Å². The van der Waals surface area contributed by atoms with Crippen LogP contribution in [0.25, 0.3) is 0 Å². The molecule has 0 radical (unpaired) electrons. The lowest BCUT2D eigenvalue weighted by Gasteiger charge is -2.05. The van der Waals surface area contributed by atoms with Gasteiger partial charge in [-0.05, 0) is 17.7 Å². The van der Waals surface area contributed by atoms with Crippen molar-refractivity contribution in [2.75, 3.05) is 0 Å². The molecule has 0 atom stereocenters. The minimum absolute atomic E-state index is 0.104. The zero-order chi connectivity index (χ0) is 11.5. The summed E-state index contributed by atoms with van der Waals surface area (Å²) in [6.45, 7) is 0.793. The van der Waals surface area contributed by atoms with Crippen LogP contribution in [0.1, 0.15) is 11.4 Å². The van der Waals surface area contributed by atoms with E-state index in [1.54, 1.807) is 16.8 Å². The Labute approximate surface area is 96.9 Å². The first kappa shape index (κ1) is 11.0. The van der Waals surface area contributed by atoms with Gasteiger partial charge in [0.1, 0.15) is 18.0 Å². The maximum Gasteiger partial charge on any atom is 0.141 e. The van der Waals surface area contributed by atoms with E-state index in [9.17, 15) is 4.39 Å². The lowest BCUT2D eigenvalue weighted by Crippen LogP contribution is -2.10. The molecule has 0 aliphatic rings. The number of nitrogens with two attached hydrogens (primary N) is 1. The van der Waals surface area contributed by atoms with Crippen LogP contribution in [0.15, 0.2) is 24.5 Å². The quantitative estimate of drug-likeness (QED) is 0.886. The van der Waals surface area contributed by atoms with Crippen molar-refractivity contribution < 1.29 is 4.39 Å². The second-order valence-corrected chi connectivity index (χ2v) is 3.69. The summed E-state index contributed by atoms with van der Waals surface area (Å²) >= 11 is 5.68. The molecule has 0 amide bonds. The van der Waals surface area contributed by atoms with Crippen molar-refractivity contribution in [1.82, 2.24) is 14.8 Å². The maximum absolute atomic E-state index is 12.9. The highest BCUT2D eigenvalue weighted by atomic mass is 35.5. The minimum Gasteiger partial charge on any atom is -0.324 e. The van der Waals surface area contributed by atoms with E-state index < -0.39 is 5.82 Å². The molecule has 0 spiro atoms. The van der Waals surface area contributed by atoms with Crippen LogP contribution >= 0.6 is 11.6 Å². The number of benzene rings is 1. The van der Waals surface area contributed by atoms with Gasteiger partial charge in [0.25, 0.3) is 0 Å². The SMILES string of the molecule is NCc1ncnn1Cc1ccc(F)c(Cl)c1.